The Hall–Kier alpha value is -1.74. The standard InChI is InChI=1S/C13H15NO2/c1-2-14-10-12-8-9-13(16-12)15-11-6-4-3-5-7-11/h3-9,14H,2,10H2,1H3. The van der Waals surface area contributed by atoms with Crippen molar-refractivity contribution >= 4 is 0 Å². The lowest BCUT2D eigenvalue weighted by Gasteiger charge is -2.01. The predicted octanol–water partition coefficient (Wildman–Crippen LogP) is 3.18. The predicted molar refractivity (Wildman–Crippen MR) is 62.6 cm³/mol. The minimum atomic E-state index is 0.527. The molecule has 0 atom stereocenters. The molecular formula is C13H15NO2. The molecule has 0 saturated carbocycles. The van der Waals surface area contributed by atoms with Crippen LogP contribution in [0.1, 0.15) is 12.7 Å². The van der Waals surface area contributed by atoms with Crippen LogP contribution in [0.25, 0.3) is 0 Å². The van der Waals surface area contributed by atoms with Crippen LogP contribution in [0.3, 0.4) is 0 Å². The molecule has 0 saturated heterocycles. The lowest BCUT2D eigenvalue weighted by atomic mass is 10.3. The maximum atomic E-state index is 5.54. The van der Waals surface area contributed by atoms with Gasteiger partial charge in [0.15, 0.2) is 0 Å². The SMILES string of the molecule is CCNCc1ccc(Oc2ccccc2)o1. The molecule has 2 rings (SSSR count). The van der Waals surface area contributed by atoms with Gasteiger partial charge in [-0.2, -0.15) is 0 Å². The van der Waals surface area contributed by atoms with E-state index in [0.29, 0.717) is 5.95 Å². The number of furan rings is 1. The van der Waals surface area contributed by atoms with Crippen molar-refractivity contribution in [3.05, 3.63) is 48.2 Å². The van der Waals surface area contributed by atoms with Gasteiger partial charge in [0.1, 0.15) is 11.5 Å². The van der Waals surface area contributed by atoms with Gasteiger partial charge in [-0.05, 0) is 24.7 Å². The Morgan fingerprint density at radius 1 is 1.12 bits per heavy atom. The summed E-state index contributed by atoms with van der Waals surface area (Å²) >= 11 is 0. The molecule has 0 fully saturated rings. The minimum Gasteiger partial charge on any atom is -0.429 e. The molecular weight excluding hydrogens is 202 g/mol. The van der Waals surface area contributed by atoms with Gasteiger partial charge in [0.05, 0.1) is 6.54 Å². The smallest absolute Gasteiger partial charge is 0.290 e. The fourth-order valence-corrected chi connectivity index (χ4v) is 1.36. The Bertz CT molecular complexity index is 423. The van der Waals surface area contributed by atoms with Gasteiger partial charge in [0.2, 0.25) is 0 Å². The Balaban J connectivity index is 1.97. The van der Waals surface area contributed by atoms with Crippen LogP contribution in [-0.4, -0.2) is 6.54 Å². The largest absolute Gasteiger partial charge is 0.429 e. The van der Waals surface area contributed by atoms with Gasteiger partial charge in [-0.25, -0.2) is 0 Å². The minimum absolute atomic E-state index is 0.527. The molecule has 0 unspecified atom stereocenters. The number of rotatable bonds is 5. The van der Waals surface area contributed by atoms with Crippen LogP contribution in [0.5, 0.6) is 11.7 Å². The molecule has 16 heavy (non-hydrogen) atoms. The van der Waals surface area contributed by atoms with E-state index in [0.717, 1.165) is 24.6 Å². The summed E-state index contributed by atoms with van der Waals surface area (Å²) in [7, 11) is 0. The highest BCUT2D eigenvalue weighted by Crippen LogP contribution is 2.23. The highest BCUT2D eigenvalue weighted by molar-refractivity contribution is 5.26. The van der Waals surface area contributed by atoms with Crippen molar-refractivity contribution in [3.63, 3.8) is 0 Å². The maximum Gasteiger partial charge on any atom is 0.290 e. The molecule has 2 aromatic rings. The Morgan fingerprint density at radius 2 is 1.94 bits per heavy atom. The second kappa shape index (κ2) is 5.37. The van der Waals surface area contributed by atoms with Crippen molar-refractivity contribution in [1.29, 1.82) is 0 Å². The maximum absolute atomic E-state index is 5.54. The first-order valence-corrected chi connectivity index (χ1v) is 5.41. The van der Waals surface area contributed by atoms with Crippen LogP contribution in [0.4, 0.5) is 0 Å². The normalized spacial score (nSPS) is 10.3. The fourth-order valence-electron chi connectivity index (χ4n) is 1.36. The quantitative estimate of drug-likeness (QED) is 0.835. The molecule has 1 aromatic carbocycles. The van der Waals surface area contributed by atoms with Crippen LogP contribution in [0.15, 0.2) is 46.9 Å². The van der Waals surface area contributed by atoms with Crippen LogP contribution >= 0.6 is 0 Å². The van der Waals surface area contributed by atoms with E-state index < -0.39 is 0 Å². The van der Waals surface area contributed by atoms with Crippen LogP contribution < -0.4 is 10.1 Å². The molecule has 0 spiro atoms. The second-order valence-corrected chi connectivity index (χ2v) is 3.42. The van der Waals surface area contributed by atoms with Gasteiger partial charge in [0, 0.05) is 6.07 Å². The average Bonchev–Trinajstić information content (AvgIpc) is 2.75. The Labute approximate surface area is 95.0 Å². The highest BCUT2D eigenvalue weighted by atomic mass is 16.6. The monoisotopic (exact) mass is 217 g/mol. The third-order valence-electron chi connectivity index (χ3n) is 2.15. The van der Waals surface area contributed by atoms with Crippen molar-refractivity contribution in [2.24, 2.45) is 0 Å². The van der Waals surface area contributed by atoms with Crippen LogP contribution in [-0.2, 0) is 6.54 Å². The van der Waals surface area contributed by atoms with Crippen molar-refractivity contribution in [2.75, 3.05) is 6.54 Å². The number of nitrogens with one attached hydrogen (secondary N) is 1. The summed E-state index contributed by atoms with van der Waals surface area (Å²) in [6.07, 6.45) is 0. The third-order valence-corrected chi connectivity index (χ3v) is 2.15. The van der Waals surface area contributed by atoms with Crippen LogP contribution in [0.2, 0.25) is 0 Å². The first-order valence-electron chi connectivity index (χ1n) is 5.41. The van der Waals surface area contributed by atoms with Crippen molar-refractivity contribution in [2.45, 2.75) is 13.5 Å². The van der Waals surface area contributed by atoms with Crippen molar-refractivity contribution in [1.82, 2.24) is 5.32 Å². The molecule has 0 aliphatic rings. The number of para-hydroxylation sites is 1. The van der Waals surface area contributed by atoms with Gasteiger partial charge in [0.25, 0.3) is 5.95 Å². The van der Waals surface area contributed by atoms with Crippen LogP contribution in [0, 0.1) is 0 Å². The van der Waals surface area contributed by atoms with E-state index in [1.54, 1.807) is 0 Å². The molecule has 0 amide bonds. The Morgan fingerprint density at radius 3 is 2.69 bits per heavy atom. The number of hydrogen-bond donors (Lipinski definition) is 1. The summed E-state index contributed by atoms with van der Waals surface area (Å²) < 4.78 is 11.0. The Kier molecular flexibility index (Phi) is 3.62. The zero-order valence-electron chi connectivity index (χ0n) is 9.27. The summed E-state index contributed by atoms with van der Waals surface area (Å²) in [6.45, 7) is 3.72. The zero-order chi connectivity index (χ0) is 11.2. The molecule has 0 radical (unpaired) electrons. The zero-order valence-corrected chi connectivity index (χ0v) is 9.27. The average molecular weight is 217 g/mol. The topological polar surface area (TPSA) is 34.4 Å². The molecule has 0 aliphatic carbocycles. The van der Waals surface area contributed by atoms with Gasteiger partial charge in [-0.1, -0.05) is 25.1 Å². The summed E-state index contributed by atoms with van der Waals surface area (Å²) in [5, 5.41) is 3.19. The molecule has 3 heteroatoms. The summed E-state index contributed by atoms with van der Waals surface area (Å²) in [6, 6.07) is 13.3. The van der Waals surface area contributed by atoms with E-state index in [4.69, 9.17) is 9.15 Å². The van der Waals surface area contributed by atoms with E-state index in [1.807, 2.05) is 42.5 Å². The molecule has 0 bridgehead atoms. The molecule has 1 aromatic heterocycles. The summed E-state index contributed by atoms with van der Waals surface area (Å²) in [5.74, 6) is 2.19. The molecule has 84 valence electrons. The number of ether oxygens (including phenoxy) is 1. The van der Waals surface area contributed by atoms with E-state index in [1.165, 1.54) is 0 Å². The summed E-state index contributed by atoms with van der Waals surface area (Å²) in [5.41, 5.74) is 0. The first kappa shape index (κ1) is 10.8. The lowest BCUT2D eigenvalue weighted by Crippen LogP contribution is -2.10. The van der Waals surface area contributed by atoms with Gasteiger partial charge in [-0.15, -0.1) is 0 Å². The van der Waals surface area contributed by atoms with Crippen molar-refractivity contribution in [3.8, 4) is 11.7 Å². The lowest BCUT2D eigenvalue weighted by molar-refractivity contribution is 0.329. The van der Waals surface area contributed by atoms with Gasteiger partial charge >= 0.3 is 0 Å². The van der Waals surface area contributed by atoms with E-state index >= 15 is 0 Å². The number of benzene rings is 1. The molecule has 1 heterocycles. The fraction of sp³-hybridized carbons (Fsp3) is 0.231. The van der Waals surface area contributed by atoms with E-state index in [2.05, 4.69) is 12.2 Å². The van der Waals surface area contributed by atoms with Crippen molar-refractivity contribution < 1.29 is 9.15 Å². The number of hydrogen-bond acceptors (Lipinski definition) is 3. The van der Waals surface area contributed by atoms with E-state index in [9.17, 15) is 0 Å². The van der Waals surface area contributed by atoms with Gasteiger partial charge < -0.3 is 14.5 Å². The highest BCUT2D eigenvalue weighted by Gasteiger charge is 2.03. The van der Waals surface area contributed by atoms with E-state index in [-0.39, 0.29) is 0 Å². The third kappa shape index (κ3) is 2.87. The first-order chi connectivity index (χ1) is 7.88. The second-order valence-electron chi connectivity index (χ2n) is 3.42. The molecule has 1 N–H and O–H groups in total. The molecule has 0 aliphatic heterocycles. The van der Waals surface area contributed by atoms with Gasteiger partial charge in [-0.3, -0.25) is 0 Å². The molecule has 3 nitrogen and oxygen atoms in total. The summed E-state index contributed by atoms with van der Waals surface area (Å²) in [4.78, 5) is 0.